The third kappa shape index (κ3) is 67.9. The van der Waals surface area contributed by atoms with E-state index in [1.165, 1.54) is 244 Å². The average molecular weight is 1150 g/mol. The predicted molar refractivity (Wildman–Crippen MR) is 358 cm³/mol. The van der Waals surface area contributed by atoms with Crippen molar-refractivity contribution >= 4 is 17.9 Å². The summed E-state index contributed by atoms with van der Waals surface area (Å²) in [4.78, 5) is 38.5. The summed E-state index contributed by atoms with van der Waals surface area (Å²) in [6, 6.07) is 0. The van der Waals surface area contributed by atoms with Gasteiger partial charge in [0.05, 0.1) is 0 Å². The summed E-state index contributed by atoms with van der Waals surface area (Å²) >= 11 is 0. The zero-order valence-corrected chi connectivity index (χ0v) is 55.0. The third-order valence-corrected chi connectivity index (χ3v) is 16.2. The van der Waals surface area contributed by atoms with Gasteiger partial charge in [-0.15, -0.1) is 0 Å². The van der Waals surface area contributed by atoms with E-state index in [0.29, 0.717) is 19.3 Å². The van der Waals surface area contributed by atoms with E-state index in [1.54, 1.807) is 0 Å². The molecule has 82 heavy (non-hydrogen) atoms. The molecule has 0 bridgehead atoms. The van der Waals surface area contributed by atoms with Gasteiger partial charge in [0, 0.05) is 19.3 Å². The molecule has 0 aliphatic rings. The second-order valence-corrected chi connectivity index (χ2v) is 24.5. The minimum absolute atomic E-state index is 0.0809. The maximum absolute atomic E-state index is 12.9. The third-order valence-electron chi connectivity index (χ3n) is 16.2. The van der Waals surface area contributed by atoms with Gasteiger partial charge in [-0.25, -0.2) is 0 Å². The Morgan fingerprint density at radius 2 is 0.439 bits per heavy atom. The summed E-state index contributed by atoms with van der Waals surface area (Å²) < 4.78 is 17.0. The van der Waals surface area contributed by atoms with Crippen molar-refractivity contribution < 1.29 is 28.6 Å². The molecule has 0 aliphatic carbocycles. The molecule has 0 saturated heterocycles. The van der Waals surface area contributed by atoms with Crippen LogP contribution in [0.4, 0.5) is 0 Å². The summed E-state index contributed by atoms with van der Waals surface area (Å²) in [6.07, 6.45) is 91.1. The van der Waals surface area contributed by atoms with Crippen molar-refractivity contribution in [1.29, 1.82) is 0 Å². The highest BCUT2D eigenvalue weighted by atomic mass is 16.6. The number of hydrogen-bond donors (Lipinski definition) is 0. The van der Waals surface area contributed by atoms with Crippen molar-refractivity contribution in [2.75, 3.05) is 13.2 Å². The number of allylic oxidation sites excluding steroid dienone is 10. The minimum Gasteiger partial charge on any atom is -0.462 e. The summed E-state index contributed by atoms with van der Waals surface area (Å²) in [6.45, 7) is 6.64. The first-order valence-corrected chi connectivity index (χ1v) is 36.3. The highest BCUT2D eigenvalue weighted by molar-refractivity contribution is 5.71. The normalized spacial score (nSPS) is 12.4. The fourth-order valence-electron chi connectivity index (χ4n) is 10.8. The van der Waals surface area contributed by atoms with Gasteiger partial charge in [0.15, 0.2) is 6.10 Å². The Labute approximate surface area is 510 Å². The summed E-state index contributed by atoms with van der Waals surface area (Å²) in [5.41, 5.74) is 0. The van der Waals surface area contributed by atoms with E-state index in [4.69, 9.17) is 14.2 Å². The summed E-state index contributed by atoms with van der Waals surface area (Å²) in [5.74, 6) is -0.885. The smallest absolute Gasteiger partial charge is 0.306 e. The van der Waals surface area contributed by atoms with Crippen LogP contribution < -0.4 is 0 Å². The monoisotopic (exact) mass is 1150 g/mol. The van der Waals surface area contributed by atoms with Crippen LogP contribution in [0.3, 0.4) is 0 Å². The average Bonchev–Trinajstić information content (AvgIpc) is 3.47. The Morgan fingerprint density at radius 1 is 0.244 bits per heavy atom. The van der Waals surface area contributed by atoms with Gasteiger partial charge < -0.3 is 14.2 Å². The Hall–Kier alpha value is -2.89. The second kappa shape index (κ2) is 70.6. The van der Waals surface area contributed by atoms with Crippen LogP contribution in [0.2, 0.25) is 0 Å². The van der Waals surface area contributed by atoms with Crippen LogP contribution in [-0.4, -0.2) is 37.2 Å². The molecule has 1 atom stereocenters. The van der Waals surface area contributed by atoms with Crippen LogP contribution in [-0.2, 0) is 28.6 Å². The molecule has 0 N–H and O–H groups in total. The standard InChI is InChI=1S/C76H138O6/c1-4-7-10-13-16-19-22-25-28-31-33-34-35-36-37-38-39-40-41-42-44-45-48-51-54-57-60-63-66-69-75(78)81-72-73(71-80-74(77)68-65-62-59-56-53-50-47-30-27-24-21-18-15-12-9-6-3)82-76(79)70-67-64-61-58-55-52-49-46-43-32-29-26-23-20-17-14-11-8-5-2/h17,20-21,24,26,29-30,43,46-47,73H,4-16,18-19,22-23,25,27-28,31-42,44-45,48-72H2,1-3H3/b20-17-,24-21-,29-26-,46-43-,47-30-. The molecule has 0 aliphatic heterocycles. The summed E-state index contributed by atoms with van der Waals surface area (Å²) in [7, 11) is 0. The molecule has 0 fully saturated rings. The molecule has 6 nitrogen and oxygen atoms in total. The van der Waals surface area contributed by atoms with E-state index < -0.39 is 6.10 Å². The van der Waals surface area contributed by atoms with Gasteiger partial charge in [0.25, 0.3) is 0 Å². The zero-order valence-electron chi connectivity index (χ0n) is 55.0. The first-order chi connectivity index (χ1) is 40.5. The lowest BCUT2D eigenvalue weighted by Gasteiger charge is -2.18. The van der Waals surface area contributed by atoms with Gasteiger partial charge in [-0.1, -0.05) is 338 Å². The van der Waals surface area contributed by atoms with Crippen molar-refractivity contribution in [2.45, 2.75) is 393 Å². The van der Waals surface area contributed by atoms with Crippen molar-refractivity contribution in [2.24, 2.45) is 0 Å². The Bertz CT molecular complexity index is 1460. The lowest BCUT2D eigenvalue weighted by molar-refractivity contribution is -0.167. The van der Waals surface area contributed by atoms with E-state index in [0.717, 1.165) is 103 Å². The van der Waals surface area contributed by atoms with Crippen LogP contribution in [0.5, 0.6) is 0 Å². The Kier molecular flexibility index (Phi) is 68.1. The summed E-state index contributed by atoms with van der Waals surface area (Å²) in [5, 5.41) is 0. The van der Waals surface area contributed by atoms with Crippen LogP contribution in [0.1, 0.15) is 387 Å². The van der Waals surface area contributed by atoms with Gasteiger partial charge >= 0.3 is 17.9 Å². The highest BCUT2D eigenvalue weighted by Gasteiger charge is 2.19. The maximum Gasteiger partial charge on any atom is 0.306 e. The highest BCUT2D eigenvalue weighted by Crippen LogP contribution is 2.18. The molecule has 0 radical (unpaired) electrons. The fourth-order valence-corrected chi connectivity index (χ4v) is 10.8. The molecule has 6 heteroatoms. The Morgan fingerprint density at radius 3 is 0.720 bits per heavy atom. The van der Waals surface area contributed by atoms with E-state index >= 15 is 0 Å². The number of rotatable bonds is 67. The number of carbonyl (C=O) groups is 3. The van der Waals surface area contributed by atoms with Crippen molar-refractivity contribution in [3.8, 4) is 0 Å². The first-order valence-electron chi connectivity index (χ1n) is 36.3. The zero-order chi connectivity index (χ0) is 59.2. The van der Waals surface area contributed by atoms with Gasteiger partial charge in [-0.3, -0.25) is 14.4 Å². The fraction of sp³-hybridized carbons (Fsp3) is 0.829. The molecule has 0 aromatic rings. The van der Waals surface area contributed by atoms with Crippen LogP contribution in [0, 0.1) is 0 Å². The number of unbranched alkanes of at least 4 members (excludes halogenated alkanes) is 46. The molecule has 1 unspecified atom stereocenters. The van der Waals surface area contributed by atoms with Gasteiger partial charge in [-0.05, 0) is 89.9 Å². The van der Waals surface area contributed by atoms with Crippen molar-refractivity contribution in [3.05, 3.63) is 60.8 Å². The molecule has 0 aromatic carbocycles. The lowest BCUT2D eigenvalue weighted by Crippen LogP contribution is -2.30. The van der Waals surface area contributed by atoms with E-state index in [-0.39, 0.29) is 31.1 Å². The number of hydrogen-bond acceptors (Lipinski definition) is 6. The largest absolute Gasteiger partial charge is 0.462 e. The molecule has 0 spiro atoms. The van der Waals surface area contributed by atoms with Gasteiger partial charge in [-0.2, -0.15) is 0 Å². The van der Waals surface area contributed by atoms with Crippen molar-refractivity contribution in [3.63, 3.8) is 0 Å². The van der Waals surface area contributed by atoms with E-state index in [2.05, 4.69) is 81.5 Å². The van der Waals surface area contributed by atoms with Crippen LogP contribution in [0.15, 0.2) is 60.8 Å². The number of carbonyl (C=O) groups excluding carboxylic acids is 3. The van der Waals surface area contributed by atoms with Crippen LogP contribution in [0.25, 0.3) is 0 Å². The van der Waals surface area contributed by atoms with Gasteiger partial charge in [0.1, 0.15) is 13.2 Å². The van der Waals surface area contributed by atoms with E-state index in [9.17, 15) is 14.4 Å². The minimum atomic E-state index is -0.788. The number of esters is 3. The predicted octanol–water partition coefficient (Wildman–Crippen LogP) is 25.1. The molecule has 0 heterocycles. The molecule has 478 valence electrons. The molecule has 0 amide bonds. The van der Waals surface area contributed by atoms with Gasteiger partial charge in [0.2, 0.25) is 0 Å². The second-order valence-electron chi connectivity index (χ2n) is 24.5. The molecule has 0 rings (SSSR count). The molecular weight excluding hydrogens is 1010 g/mol. The van der Waals surface area contributed by atoms with Crippen molar-refractivity contribution in [1.82, 2.24) is 0 Å². The molecule has 0 saturated carbocycles. The molecular formula is C76H138O6. The maximum atomic E-state index is 12.9. The van der Waals surface area contributed by atoms with E-state index in [1.807, 2.05) is 0 Å². The lowest BCUT2D eigenvalue weighted by atomic mass is 10.0. The topological polar surface area (TPSA) is 78.9 Å². The SMILES string of the molecule is CCCCC/C=C\C/C=C\C/C=C\CCCCCCCCC(=O)OC(COC(=O)CCCCCCC/C=C\C/C=C\CCCCCC)COC(=O)CCCCCCCCCCCCCCCCCCCCCCCCCCCCCCC. The molecule has 0 aromatic heterocycles. The van der Waals surface area contributed by atoms with Crippen LogP contribution >= 0.6 is 0 Å². The number of ether oxygens (including phenoxy) is 3. The Balaban J connectivity index is 4.26. The first kappa shape index (κ1) is 79.1. The quantitative estimate of drug-likeness (QED) is 0.0261.